The van der Waals surface area contributed by atoms with Crippen molar-refractivity contribution in [3.63, 3.8) is 0 Å². The number of hydrogen-bond acceptors (Lipinski definition) is 7. The average Bonchev–Trinajstić information content (AvgIpc) is 3.39. The number of Topliss-reactive ketones (excluding diaryl/α,β-unsaturated/α-hetero) is 1. The van der Waals surface area contributed by atoms with Gasteiger partial charge in [-0.05, 0) is 33.1 Å². The van der Waals surface area contributed by atoms with E-state index < -0.39 is 16.8 Å². The van der Waals surface area contributed by atoms with E-state index in [1.165, 1.54) is 0 Å². The molecule has 168 valence electrons. The number of ketones is 1. The lowest BCUT2D eigenvalue weighted by atomic mass is 9.48. The number of nitrogens with zero attached hydrogens (tertiary/aromatic N) is 3. The zero-order chi connectivity index (χ0) is 22.4. The standard InChI is InChI=1S/C22H24ClN5O4/c1-8-5-10(29)11-13(26-8)14-17(27-16(11)23)28(7-25-14)15-12-9-6-21(12,19(30)24-4)18-22(9,15)32-20(2,3)31-18/h7-9,12,15,18,26H,5-6H2,1-4H3,(H,24,30)/t8?,9?,12-,15-,18-,21+,22-/m1/s1. The van der Waals surface area contributed by atoms with Gasteiger partial charge in [-0.1, -0.05) is 11.6 Å². The molecule has 1 spiro atoms. The number of pyridine rings is 1. The van der Waals surface area contributed by atoms with Gasteiger partial charge in [-0.2, -0.15) is 0 Å². The van der Waals surface area contributed by atoms with Gasteiger partial charge in [-0.25, -0.2) is 9.97 Å². The number of halogens is 1. The van der Waals surface area contributed by atoms with Crippen molar-refractivity contribution < 1.29 is 19.1 Å². The van der Waals surface area contributed by atoms with Crippen LogP contribution >= 0.6 is 11.6 Å². The molecule has 2 unspecified atom stereocenters. The van der Waals surface area contributed by atoms with Crippen molar-refractivity contribution in [1.82, 2.24) is 19.9 Å². The minimum atomic E-state index is -0.781. The highest BCUT2D eigenvalue weighted by Crippen LogP contribution is 2.86. The second-order valence-electron chi connectivity index (χ2n) is 10.4. The molecule has 2 aromatic heterocycles. The Morgan fingerprint density at radius 2 is 2.19 bits per heavy atom. The highest BCUT2D eigenvalue weighted by molar-refractivity contribution is 6.34. The van der Waals surface area contributed by atoms with Crippen LogP contribution in [-0.4, -0.2) is 56.8 Å². The quantitative estimate of drug-likeness (QED) is 0.666. The number of hydrogen-bond donors (Lipinski definition) is 2. The largest absolute Gasteiger partial charge is 0.380 e. The summed E-state index contributed by atoms with van der Waals surface area (Å²) in [5, 5.41) is 6.40. The van der Waals surface area contributed by atoms with E-state index in [2.05, 4.69) is 20.6 Å². The number of carbonyl (C=O) groups is 2. The second-order valence-corrected chi connectivity index (χ2v) is 10.8. The Balaban J connectivity index is 1.42. The first-order valence-electron chi connectivity index (χ1n) is 11.1. The molecule has 9 nitrogen and oxygen atoms in total. The number of anilines is 1. The molecule has 10 heteroatoms. The first-order valence-corrected chi connectivity index (χ1v) is 11.5. The van der Waals surface area contributed by atoms with Gasteiger partial charge >= 0.3 is 0 Å². The van der Waals surface area contributed by atoms with E-state index in [9.17, 15) is 9.59 Å². The lowest BCUT2D eigenvalue weighted by molar-refractivity contribution is -0.277. The van der Waals surface area contributed by atoms with E-state index >= 15 is 0 Å². The molecule has 32 heavy (non-hydrogen) atoms. The van der Waals surface area contributed by atoms with Gasteiger partial charge in [0.15, 0.2) is 17.2 Å². The number of nitrogens with one attached hydrogen (secondary N) is 2. The van der Waals surface area contributed by atoms with Crippen LogP contribution in [-0.2, 0) is 14.3 Å². The Morgan fingerprint density at radius 1 is 1.41 bits per heavy atom. The number of ether oxygens (including phenoxy) is 2. The van der Waals surface area contributed by atoms with Crippen LogP contribution in [0.3, 0.4) is 0 Å². The molecular weight excluding hydrogens is 434 g/mol. The third kappa shape index (κ3) is 1.81. The number of amides is 1. The molecule has 4 bridgehead atoms. The Bertz CT molecular complexity index is 1260. The van der Waals surface area contributed by atoms with Crippen LogP contribution in [0.1, 0.15) is 50.0 Å². The fraction of sp³-hybridized carbons (Fsp3) is 0.636. The second kappa shape index (κ2) is 5.46. The molecule has 4 heterocycles. The molecule has 6 aliphatic rings. The summed E-state index contributed by atoms with van der Waals surface area (Å²) in [6, 6.07) is -0.158. The number of fused-ring (bicyclic) bond motifs is 3. The van der Waals surface area contributed by atoms with Gasteiger partial charge in [0.1, 0.15) is 22.4 Å². The Labute approximate surface area is 189 Å². The van der Waals surface area contributed by atoms with Crippen LogP contribution in [0.2, 0.25) is 5.15 Å². The molecule has 5 fully saturated rings. The number of imidazole rings is 1. The maximum atomic E-state index is 13.1. The third-order valence-electron chi connectivity index (χ3n) is 8.45. The van der Waals surface area contributed by atoms with Crippen molar-refractivity contribution >= 4 is 40.1 Å². The van der Waals surface area contributed by atoms with Crippen LogP contribution in [0.4, 0.5) is 5.69 Å². The molecule has 4 saturated carbocycles. The maximum absolute atomic E-state index is 13.1. The fourth-order valence-electron chi connectivity index (χ4n) is 7.58. The van der Waals surface area contributed by atoms with E-state index in [-0.39, 0.29) is 46.9 Å². The highest BCUT2D eigenvalue weighted by Gasteiger charge is 2.95. The normalized spacial score (nSPS) is 42.0. The summed E-state index contributed by atoms with van der Waals surface area (Å²) in [5.41, 5.74) is 1.03. The third-order valence-corrected chi connectivity index (χ3v) is 8.72. The summed E-state index contributed by atoms with van der Waals surface area (Å²) < 4.78 is 14.9. The zero-order valence-corrected chi connectivity index (χ0v) is 19.0. The molecule has 8 rings (SSSR count). The molecule has 1 saturated heterocycles. The summed E-state index contributed by atoms with van der Waals surface area (Å²) in [5.74, 6) is -0.482. The van der Waals surface area contributed by atoms with E-state index in [0.29, 0.717) is 28.8 Å². The summed E-state index contributed by atoms with van der Waals surface area (Å²) in [6.45, 7) is 5.76. The van der Waals surface area contributed by atoms with Crippen molar-refractivity contribution in [3.05, 3.63) is 17.0 Å². The number of rotatable bonds is 2. The van der Waals surface area contributed by atoms with E-state index in [1.54, 1.807) is 13.4 Å². The first-order chi connectivity index (χ1) is 15.2. The van der Waals surface area contributed by atoms with Crippen LogP contribution in [0.25, 0.3) is 11.2 Å². The Kier molecular flexibility index (Phi) is 3.28. The lowest BCUT2D eigenvalue weighted by Gasteiger charge is -2.61. The summed E-state index contributed by atoms with van der Waals surface area (Å²) >= 11 is 6.51. The van der Waals surface area contributed by atoms with Gasteiger partial charge in [0.25, 0.3) is 0 Å². The molecule has 1 amide bonds. The summed E-state index contributed by atoms with van der Waals surface area (Å²) in [4.78, 5) is 35.0. The molecular formula is C22H24ClN5O4. The van der Waals surface area contributed by atoms with Crippen LogP contribution in [0.5, 0.6) is 0 Å². The number of aromatic nitrogens is 3. The Hall–Kier alpha value is -2.23. The monoisotopic (exact) mass is 457 g/mol. The molecule has 0 aromatic carbocycles. The topological polar surface area (TPSA) is 107 Å². The van der Waals surface area contributed by atoms with Gasteiger partial charge in [0.2, 0.25) is 5.91 Å². The minimum Gasteiger partial charge on any atom is -0.380 e. The SMILES string of the molecule is CNC(=O)[C@@]12CC3[C@@H]1[C@@H](n1cnc4c5c(c(Cl)nc41)C(=O)CC(C)N5)[C@]31OC(C)(C)O[C@H]21. The predicted octanol–water partition coefficient (Wildman–Crippen LogP) is 2.30. The number of carbonyl (C=O) groups excluding carboxylic acids is 2. The van der Waals surface area contributed by atoms with Crippen LogP contribution in [0.15, 0.2) is 6.33 Å². The highest BCUT2D eigenvalue weighted by atomic mass is 35.5. The van der Waals surface area contributed by atoms with Crippen molar-refractivity contribution in [2.24, 2.45) is 17.3 Å². The van der Waals surface area contributed by atoms with E-state index in [4.69, 9.17) is 21.1 Å². The van der Waals surface area contributed by atoms with E-state index in [0.717, 1.165) is 6.42 Å². The van der Waals surface area contributed by atoms with Crippen molar-refractivity contribution in [2.45, 2.75) is 63.2 Å². The fourth-order valence-corrected chi connectivity index (χ4v) is 7.86. The zero-order valence-electron chi connectivity index (χ0n) is 18.2. The molecule has 4 aliphatic carbocycles. The predicted molar refractivity (Wildman–Crippen MR) is 114 cm³/mol. The van der Waals surface area contributed by atoms with Crippen molar-refractivity contribution in [1.29, 1.82) is 0 Å². The first kappa shape index (κ1) is 19.3. The molecule has 0 radical (unpaired) electrons. The smallest absolute Gasteiger partial charge is 0.229 e. The molecule has 7 atom stereocenters. The van der Waals surface area contributed by atoms with Gasteiger partial charge in [0.05, 0.1) is 29.0 Å². The van der Waals surface area contributed by atoms with E-state index in [1.807, 2.05) is 25.3 Å². The molecule has 2 aromatic rings. The van der Waals surface area contributed by atoms with Gasteiger partial charge in [-0.3, -0.25) is 9.59 Å². The molecule has 2 aliphatic heterocycles. The van der Waals surface area contributed by atoms with Crippen LogP contribution in [0, 0.1) is 17.3 Å². The maximum Gasteiger partial charge on any atom is 0.229 e. The van der Waals surface area contributed by atoms with Gasteiger partial charge < -0.3 is 24.7 Å². The van der Waals surface area contributed by atoms with Crippen LogP contribution < -0.4 is 10.6 Å². The van der Waals surface area contributed by atoms with Crippen molar-refractivity contribution in [2.75, 3.05) is 12.4 Å². The summed E-state index contributed by atoms with van der Waals surface area (Å²) in [7, 11) is 1.67. The minimum absolute atomic E-state index is 0.00306. The summed E-state index contributed by atoms with van der Waals surface area (Å²) in [6.07, 6.45) is 2.55. The molecule has 2 N–H and O–H groups in total. The van der Waals surface area contributed by atoms with Gasteiger partial charge in [0, 0.05) is 25.4 Å². The lowest BCUT2D eigenvalue weighted by Crippen LogP contribution is -2.66. The average molecular weight is 458 g/mol. The van der Waals surface area contributed by atoms with Crippen molar-refractivity contribution in [3.8, 4) is 0 Å². The Morgan fingerprint density at radius 3 is 2.94 bits per heavy atom. The van der Waals surface area contributed by atoms with Gasteiger partial charge in [-0.15, -0.1) is 0 Å².